The molecule has 0 radical (unpaired) electrons. The smallest absolute Gasteiger partial charge is 0.251 e. The van der Waals surface area contributed by atoms with Crippen molar-refractivity contribution in [1.29, 1.82) is 5.26 Å². The Hall–Kier alpha value is -3.14. The van der Waals surface area contributed by atoms with Crippen molar-refractivity contribution in [1.82, 2.24) is 20.2 Å². The summed E-state index contributed by atoms with van der Waals surface area (Å²) in [6.45, 7) is 6.56. The Morgan fingerprint density at radius 1 is 1.37 bits per heavy atom. The summed E-state index contributed by atoms with van der Waals surface area (Å²) in [5, 5.41) is 12.5. The van der Waals surface area contributed by atoms with Gasteiger partial charge in [0.1, 0.15) is 11.6 Å². The molecule has 0 saturated carbocycles. The second kappa shape index (κ2) is 8.31. The summed E-state index contributed by atoms with van der Waals surface area (Å²) in [5.74, 6) is 1.54. The van der Waals surface area contributed by atoms with E-state index in [1.54, 1.807) is 18.3 Å². The quantitative estimate of drug-likeness (QED) is 0.742. The van der Waals surface area contributed by atoms with Crippen LogP contribution in [-0.2, 0) is 0 Å². The number of nitriles is 1. The Balaban J connectivity index is 1.57. The number of nitrogens with zero attached hydrogens (tertiary/aromatic N) is 4. The predicted octanol–water partition coefficient (Wildman–Crippen LogP) is 3.30. The highest BCUT2D eigenvalue weighted by Crippen LogP contribution is 2.37. The van der Waals surface area contributed by atoms with Crippen LogP contribution in [0.5, 0.6) is 5.75 Å². The van der Waals surface area contributed by atoms with Crippen molar-refractivity contribution >= 4 is 5.91 Å². The van der Waals surface area contributed by atoms with Gasteiger partial charge < -0.3 is 15.0 Å². The summed E-state index contributed by atoms with van der Waals surface area (Å²) >= 11 is 0. The number of fused-ring (bicyclic) bond motifs is 2. The molecule has 1 amide bonds. The fourth-order valence-electron chi connectivity index (χ4n) is 4.41. The van der Waals surface area contributed by atoms with E-state index in [1.165, 1.54) is 0 Å². The molecule has 1 aromatic carbocycles. The van der Waals surface area contributed by atoms with Gasteiger partial charge in [0.25, 0.3) is 5.91 Å². The molecule has 2 saturated heterocycles. The maximum absolute atomic E-state index is 13.0. The highest BCUT2D eigenvalue weighted by atomic mass is 16.5. The van der Waals surface area contributed by atoms with E-state index >= 15 is 0 Å². The molecule has 156 valence electrons. The molecule has 3 atom stereocenters. The molecule has 0 spiro atoms. The molecule has 7 nitrogen and oxygen atoms in total. The summed E-state index contributed by atoms with van der Waals surface area (Å²) in [5.41, 5.74) is 2.16. The number of hydrogen-bond donors (Lipinski definition) is 1. The molecule has 2 aliphatic rings. The van der Waals surface area contributed by atoms with Gasteiger partial charge in [-0.25, -0.2) is 9.97 Å². The van der Waals surface area contributed by atoms with Crippen LogP contribution in [0.3, 0.4) is 0 Å². The van der Waals surface area contributed by atoms with Crippen LogP contribution in [0.1, 0.15) is 49.3 Å². The molecule has 0 unspecified atom stereocenters. The van der Waals surface area contributed by atoms with E-state index in [0.717, 1.165) is 30.5 Å². The minimum absolute atomic E-state index is 0.0140. The van der Waals surface area contributed by atoms with Crippen LogP contribution in [0.2, 0.25) is 0 Å². The number of ether oxygens (including phenoxy) is 1. The first-order valence-corrected chi connectivity index (χ1v) is 10.5. The molecule has 0 aliphatic carbocycles. The maximum atomic E-state index is 13.0. The van der Waals surface area contributed by atoms with Crippen LogP contribution in [-0.4, -0.2) is 45.5 Å². The summed E-state index contributed by atoms with van der Waals surface area (Å²) in [6, 6.07) is 7.71. The number of benzene rings is 1. The van der Waals surface area contributed by atoms with Crippen LogP contribution in [0, 0.1) is 24.3 Å². The van der Waals surface area contributed by atoms with E-state index in [9.17, 15) is 10.1 Å². The Morgan fingerprint density at radius 2 is 2.20 bits per heavy atom. The Bertz CT molecular complexity index is 984. The van der Waals surface area contributed by atoms with Gasteiger partial charge in [-0.2, -0.15) is 5.26 Å². The minimum Gasteiger partial charge on any atom is -0.493 e. The van der Waals surface area contributed by atoms with E-state index in [-0.39, 0.29) is 24.0 Å². The molecule has 1 aromatic heterocycles. The van der Waals surface area contributed by atoms with Crippen molar-refractivity contribution in [2.45, 2.75) is 58.2 Å². The molecule has 2 aromatic rings. The number of aromatic nitrogens is 2. The third-order valence-corrected chi connectivity index (χ3v) is 5.84. The van der Waals surface area contributed by atoms with Crippen LogP contribution in [0.15, 0.2) is 30.5 Å². The van der Waals surface area contributed by atoms with Crippen LogP contribution in [0.4, 0.5) is 0 Å². The lowest BCUT2D eigenvalue weighted by atomic mass is 9.95. The number of nitrogens with one attached hydrogen (secondary N) is 1. The van der Waals surface area contributed by atoms with Crippen molar-refractivity contribution in [2.24, 2.45) is 5.92 Å². The highest BCUT2D eigenvalue weighted by Gasteiger charge is 2.46. The Kier molecular flexibility index (Phi) is 5.58. The number of aryl methyl sites for hydroxylation is 1. The second-order valence-electron chi connectivity index (χ2n) is 8.53. The Morgan fingerprint density at radius 3 is 2.90 bits per heavy atom. The van der Waals surface area contributed by atoms with Gasteiger partial charge in [-0.15, -0.1) is 0 Å². The minimum atomic E-state index is -0.134. The molecule has 7 heteroatoms. The van der Waals surface area contributed by atoms with E-state index in [4.69, 9.17) is 4.74 Å². The molecule has 1 N–H and O–H groups in total. The van der Waals surface area contributed by atoms with Crippen LogP contribution >= 0.6 is 0 Å². The first-order chi connectivity index (χ1) is 14.5. The number of carbonyl (C=O) groups excluding carboxylic acids is 1. The number of carbonyl (C=O) groups is 1. The van der Waals surface area contributed by atoms with Gasteiger partial charge in [0.2, 0.25) is 0 Å². The van der Waals surface area contributed by atoms with Gasteiger partial charge in [0, 0.05) is 23.4 Å². The normalized spacial score (nSPS) is 22.2. The van der Waals surface area contributed by atoms with Gasteiger partial charge >= 0.3 is 0 Å². The zero-order chi connectivity index (χ0) is 21.3. The van der Waals surface area contributed by atoms with Gasteiger partial charge in [-0.1, -0.05) is 13.8 Å². The number of rotatable bonds is 6. The van der Waals surface area contributed by atoms with E-state index in [1.807, 2.05) is 24.0 Å². The monoisotopic (exact) mass is 405 g/mol. The van der Waals surface area contributed by atoms with Gasteiger partial charge in [0.05, 0.1) is 24.4 Å². The van der Waals surface area contributed by atoms with Crippen molar-refractivity contribution in [3.63, 3.8) is 0 Å². The van der Waals surface area contributed by atoms with Crippen LogP contribution in [0.25, 0.3) is 11.3 Å². The zero-order valence-corrected chi connectivity index (χ0v) is 17.6. The maximum Gasteiger partial charge on any atom is 0.251 e. The predicted molar refractivity (Wildman–Crippen MR) is 113 cm³/mol. The average molecular weight is 406 g/mol. The van der Waals surface area contributed by atoms with Crippen molar-refractivity contribution < 1.29 is 9.53 Å². The summed E-state index contributed by atoms with van der Waals surface area (Å²) in [4.78, 5) is 23.5. The summed E-state index contributed by atoms with van der Waals surface area (Å²) < 4.78 is 6.05. The van der Waals surface area contributed by atoms with Gasteiger partial charge in [-0.3, -0.25) is 4.79 Å². The largest absolute Gasteiger partial charge is 0.493 e. The molecular formula is C23H27N5O2. The van der Waals surface area contributed by atoms with Crippen molar-refractivity contribution in [3.8, 4) is 23.2 Å². The average Bonchev–Trinajstić information content (AvgIpc) is 3.28. The first kappa shape index (κ1) is 20.1. The summed E-state index contributed by atoms with van der Waals surface area (Å²) in [6.07, 6.45) is 6.83. The topological polar surface area (TPSA) is 91.1 Å². The highest BCUT2D eigenvalue weighted by molar-refractivity contribution is 5.95. The van der Waals surface area contributed by atoms with E-state index < -0.39 is 0 Å². The Labute approximate surface area is 177 Å². The number of hydrogen-bond acceptors (Lipinski definition) is 6. The molecular weight excluding hydrogens is 378 g/mol. The summed E-state index contributed by atoms with van der Waals surface area (Å²) in [7, 11) is 0. The molecule has 2 bridgehead atoms. The van der Waals surface area contributed by atoms with E-state index in [2.05, 4.69) is 35.3 Å². The molecule has 30 heavy (non-hydrogen) atoms. The number of amides is 1. The molecule has 3 heterocycles. The zero-order valence-electron chi connectivity index (χ0n) is 17.6. The van der Waals surface area contributed by atoms with Crippen LogP contribution < -0.4 is 10.1 Å². The fraction of sp³-hybridized carbons (Fsp3) is 0.478. The van der Waals surface area contributed by atoms with Gasteiger partial charge in [0.15, 0.2) is 6.19 Å². The van der Waals surface area contributed by atoms with E-state index in [0.29, 0.717) is 29.7 Å². The molecule has 2 aliphatic heterocycles. The SMILES string of the molecule is Cc1nccc(-c2ccc(C(=O)N[C@@H]3C[C@@H]4CC[C@H]3N4C#N)cc2OCC(C)C)n1. The first-order valence-electron chi connectivity index (χ1n) is 10.5. The lowest BCUT2D eigenvalue weighted by Crippen LogP contribution is -2.43. The van der Waals surface area contributed by atoms with Crippen molar-refractivity contribution in [3.05, 3.63) is 41.9 Å². The second-order valence-corrected chi connectivity index (χ2v) is 8.53. The van der Waals surface area contributed by atoms with Crippen molar-refractivity contribution in [2.75, 3.05) is 6.61 Å². The third kappa shape index (κ3) is 3.95. The van der Waals surface area contributed by atoms with Gasteiger partial charge in [-0.05, 0) is 56.4 Å². The fourth-order valence-corrected chi connectivity index (χ4v) is 4.41. The standard InChI is InChI=1S/C23H27N5O2/c1-14(2)12-30-22-10-16(4-6-18(22)19-8-9-25-15(3)26-19)23(29)27-20-11-17-5-7-21(20)28(17)13-24/h4,6,8-10,14,17,20-21H,5,7,11-12H2,1-3H3,(H,27,29)/t17-,20+,21+/m0/s1. The third-order valence-electron chi connectivity index (χ3n) is 5.84. The lowest BCUT2D eigenvalue weighted by molar-refractivity contribution is 0.0928. The molecule has 2 fully saturated rings. The molecule has 4 rings (SSSR count). The lowest BCUT2D eigenvalue weighted by Gasteiger charge is -2.22.